The second kappa shape index (κ2) is 8.96. The summed E-state index contributed by atoms with van der Waals surface area (Å²) in [6.45, 7) is 5.10. The lowest BCUT2D eigenvalue weighted by molar-refractivity contribution is 0.0911. The van der Waals surface area contributed by atoms with E-state index in [0.717, 1.165) is 37.5 Å². The van der Waals surface area contributed by atoms with E-state index in [1.807, 2.05) is 18.2 Å². The quantitative estimate of drug-likeness (QED) is 0.671. The highest BCUT2D eigenvalue weighted by atomic mass is 16.5. The summed E-state index contributed by atoms with van der Waals surface area (Å²) in [4.78, 5) is 4.46. The Bertz CT molecular complexity index is 305. The number of hydrogen-bond acceptors (Lipinski definition) is 4. The number of rotatable bonds is 9. The fourth-order valence-corrected chi connectivity index (χ4v) is 1.39. The Labute approximate surface area is 103 Å². The summed E-state index contributed by atoms with van der Waals surface area (Å²) in [5.41, 5.74) is 0.962. The van der Waals surface area contributed by atoms with Crippen LogP contribution in [0, 0.1) is 0 Å². The minimum Gasteiger partial charge on any atom is -0.385 e. The van der Waals surface area contributed by atoms with Crippen molar-refractivity contribution in [2.45, 2.75) is 26.4 Å². The van der Waals surface area contributed by atoms with Gasteiger partial charge in [-0.15, -0.1) is 0 Å². The van der Waals surface area contributed by atoms with E-state index in [2.05, 4.69) is 17.2 Å². The number of methoxy groups -OCH3 is 1. The number of pyridine rings is 1. The van der Waals surface area contributed by atoms with Crippen LogP contribution in [-0.2, 0) is 16.1 Å². The molecular weight excluding hydrogens is 216 g/mol. The van der Waals surface area contributed by atoms with Gasteiger partial charge in [-0.25, -0.2) is 4.98 Å². The molecule has 96 valence electrons. The van der Waals surface area contributed by atoms with E-state index in [1.54, 1.807) is 7.11 Å². The van der Waals surface area contributed by atoms with Crippen LogP contribution in [0.1, 0.15) is 25.5 Å². The van der Waals surface area contributed by atoms with Crippen molar-refractivity contribution in [1.82, 2.24) is 4.98 Å². The third-order valence-electron chi connectivity index (χ3n) is 2.25. The van der Waals surface area contributed by atoms with Crippen molar-refractivity contribution < 1.29 is 9.47 Å². The molecule has 0 aromatic carbocycles. The smallest absolute Gasteiger partial charge is 0.126 e. The molecule has 0 aliphatic heterocycles. The molecule has 1 aromatic heterocycles. The van der Waals surface area contributed by atoms with Crippen LogP contribution in [0.3, 0.4) is 0 Å². The van der Waals surface area contributed by atoms with Crippen LogP contribution in [-0.4, -0.2) is 31.9 Å². The SMILES string of the molecule is CCCNc1cccc(COCCCOC)n1. The van der Waals surface area contributed by atoms with Crippen molar-refractivity contribution in [2.24, 2.45) is 0 Å². The average molecular weight is 238 g/mol. The zero-order valence-corrected chi connectivity index (χ0v) is 10.7. The summed E-state index contributed by atoms with van der Waals surface area (Å²) in [6, 6.07) is 5.95. The fourth-order valence-electron chi connectivity index (χ4n) is 1.39. The van der Waals surface area contributed by atoms with E-state index in [-0.39, 0.29) is 0 Å². The van der Waals surface area contributed by atoms with Gasteiger partial charge in [-0.2, -0.15) is 0 Å². The molecule has 1 aromatic rings. The lowest BCUT2D eigenvalue weighted by atomic mass is 10.3. The highest BCUT2D eigenvalue weighted by Crippen LogP contribution is 2.06. The van der Waals surface area contributed by atoms with E-state index in [9.17, 15) is 0 Å². The first-order valence-electron chi connectivity index (χ1n) is 6.13. The second-order valence-electron chi connectivity index (χ2n) is 3.84. The van der Waals surface area contributed by atoms with E-state index in [0.29, 0.717) is 13.2 Å². The molecule has 4 heteroatoms. The van der Waals surface area contributed by atoms with Crippen molar-refractivity contribution in [2.75, 3.05) is 32.2 Å². The molecule has 0 unspecified atom stereocenters. The minimum absolute atomic E-state index is 0.561. The Hall–Kier alpha value is -1.13. The maximum atomic E-state index is 5.51. The van der Waals surface area contributed by atoms with E-state index >= 15 is 0 Å². The van der Waals surface area contributed by atoms with E-state index < -0.39 is 0 Å². The molecule has 17 heavy (non-hydrogen) atoms. The molecule has 1 N–H and O–H groups in total. The van der Waals surface area contributed by atoms with Crippen LogP contribution < -0.4 is 5.32 Å². The molecule has 0 saturated carbocycles. The standard InChI is InChI=1S/C13H22N2O2/c1-3-8-14-13-7-4-6-12(15-13)11-17-10-5-9-16-2/h4,6-7H,3,5,8-11H2,1-2H3,(H,14,15). The van der Waals surface area contributed by atoms with Crippen LogP contribution in [0.25, 0.3) is 0 Å². The number of aromatic nitrogens is 1. The number of nitrogens with zero attached hydrogens (tertiary/aromatic N) is 1. The molecule has 0 bridgehead atoms. The predicted molar refractivity (Wildman–Crippen MR) is 69.2 cm³/mol. The van der Waals surface area contributed by atoms with Crippen LogP contribution in [0.15, 0.2) is 18.2 Å². The van der Waals surface area contributed by atoms with Crippen molar-refractivity contribution in [3.63, 3.8) is 0 Å². The number of nitrogens with one attached hydrogen (secondary N) is 1. The van der Waals surface area contributed by atoms with Crippen LogP contribution >= 0.6 is 0 Å². The molecule has 0 amide bonds. The average Bonchev–Trinajstić information content (AvgIpc) is 2.37. The molecule has 0 aliphatic carbocycles. The molecular formula is C13H22N2O2. The largest absolute Gasteiger partial charge is 0.385 e. The normalized spacial score (nSPS) is 10.5. The second-order valence-corrected chi connectivity index (χ2v) is 3.84. The van der Waals surface area contributed by atoms with E-state index in [4.69, 9.17) is 9.47 Å². The van der Waals surface area contributed by atoms with Gasteiger partial charge in [0.05, 0.1) is 12.3 Å². The van der Waals surface area contributed by atoms with Gasteiger partial charge in [0.25, 0.3) is 0 Å². The van der Waals surface area contributed by atoms with Gasteiger partial charge in [0.15, 0.2) is 0 Å². The zero-order valence-electron chi connectivity index (χ0n) is 10.7. The number of anilines is 1. The lowest BCUT2D eigenvalue weighted by Gasteiger charge is -2.07. The van der Waals surface area contributed by atoms with Crippen molar-refractivity contribution in [3.05, 3.63) is 23.9 Å². The maximum absolute atomic E-state index is 5.51. The summed E-state index contributed by atoms with van der Waals surface area (Å²) >= 11 is 0. The van der Waals surface area contributed by atoms with Crippen LogP contribution in [0.4, 0.5) is 5.82 Å². The van der Waals surface area contributed by atoms with Crippen LogP contribution in [0.5, 0.6) is 0 Å². The highest BCUT2D eigenvalue weighted by molar-refractivity contribution is 5.34. The van der Waals surface area contributed by atoms with Crippen molar-refractivity contribution in [3.8, 4) is 0 Å². The highest BCUT2D eigenvalue weighted by Gasteiger charge is 1.97. The monoisotopic (exact) mass is 238 g/mol. The minimum atomic E-state index is 0.561. The van der Waals surface area contributed by atoms with E-state index in [1.165, 1.54) is 0 Å². The topological polar surface area (TPSA) is 43.4 Å². The third kappa shape index (κ3) is 6.24. The Balaban J connectivity index is 2.27. The Kier molecular flexibility index (Phi) is 7.34. The summed E-state index contributed by atoms with van der Waals surface area (Å²) in [5, 5.41) is 3.26. The van der Waals surface area contributed by atoms with Gasteiger partial charge >= 0.3 is 0 Å². The van der Waals surface area contributed by atoms with Gasteiger partial charge in [-0.1, -0.05) is 13.0 Å². The molecule has 1 heterocycles. The van der Waals surface area contributed by atoms with Crippen molar-refractivity contribution >= 4 is 5.82 Å². The summed E-state index contributed by atoms with van der Waals surface area (Å²) < 4.78 is 10.5. The van der Waals surface area contributed by atoms with Crippen LogP contribution in [0.2, 0.25) is 0 Å². The molecule has 0 saturated heterocycles. The molecule has 0 radical (unpaired) electrons. The molecule has 0 spiro atoms. The Morgan fingerprint density at radius 3 is 2.94 bits per heavy atom. The van der Waals surface area contributed by atoms with Gasteiger partial charge in [-0.05, 0) is 25.0 Å². The number of hydrogen-bond donors (Lipinski definition) is 1. The molecule has 0 atom stereocenters. The Morgan fingerprint density at radius 2 is 2.18 bits per heavy atom. The van der Waals surface area contributed by atoms with Gasteiger partial charge in [-0.3, -0.25) is 0 Å². The summed E-state index contributed by atoms with van der Waals surface area (Å²) in [7, 11) is 1.70. The first-order chi connectivity index (χ1) is 8.36. The Morgan fingerprint density at radius 1 is 1.29 bits per heavy atom. The van der Waals surface area contributed by atoms with Gasteiger partial charge < -0.3 is 14.8 Å². The summed E-state index contributed by atoms with van der Waals surface area (Å²) in [6.07, 6.45) is 2.02. The zero-order chi connectivity index (χ0) is 12.3. The van der Waals surface area contributed by atoms with Gasteiger partial charge in [0.2, 0.25) is 0 Å². The first-order valence-corrected chi connectivity index (χ1v) is 6.13. The van der Waals surface area contributed by atoms with Crippen molar-refractivity contribution in [1.29, 1.82) is 0 Å². The maximum Gasteiger partial charge on any atom is 0.126 e. The van der Waals surface area contributed by atoms with Gasteiger partial charge in [0, 0.05) is 26.9 Å². The lowest BCUT2D eigenvalue weighted by Crippen LogP contribution is -2.05. The molecule has 4 nitrogen and oxygen atoms in total. The predicted octanol–water partition coefficient (Wildman–Crippen LogP) is 2.46. The summed E-state index contributed by atoms with van der Waals surface area (Å²) in [5.74, 6) is 0.921. The first kappa shape index (κ1) is 13.9. The molecule has 0 aliphatic rings. The molecule has 1 rings (SSSR count). The fraction of sp³-hybridized carbons (Fsp3) is 0.615. The number of ether oxygens (including phenoxy) is 2. The third-order valence-corrected chi connectivity index (χ3v) is 2.25. The van der Waals surface area contributed by atoms with Gasteiger partial charge in [0.1, 0.15) is 5.82 Å². The molecule has 0 fully saturated rings.